The predicted molar refractivity (Wildman–Crippen MR) is 309 cm³/mol. The van der Waals surface area contributed by atoms with Gasteiger partial charge in [-0.05, 0) is 12.8 Å². The molecule has 0 saturated carbocycles. The van der Waals surface area contributed by atoms with Gasteiger partial charge in [0.25, 0.3) is 0 Å². The van der Waals surface area contributed by atoms with Gasteiger partial charge in [-0.3, -0.25) is 13.8 Å². The monoisotopic (exact) mass is 1030 g/mol. The molecule has 0 spiro atoms. The minimum absolute atomic E-state index is 0.0793. The molecular weight excluding hydrogens is 900 g/mol. The van der Waals surface area contributed by atoms with Crippen molar-refractivity contribution < 1.29 is 32.9 Å². The summed E-state index contributed by atoms with van der Waals surface area (Å²) in [6.07, 6.45) is 66.1. The predicted octanol–water partition coefficient (Wildman–Crippen LogP) is 19.6. The minimum Gasteiger partial charge on any atom is -0.391 e. The Morgan fingerprint density at radius 3 is 0.944 bits per heavy atom. The molecule has 1 amide bonds. The van der Waals surface area contributed by atoms with Crippen LogP contribution < -0.4 is 5.32 Å². The number of aliphatic hydroxyl groups is 1. The van der Waals surface area contributed by atoms with E-state index in [4.69, 9.17) is 9.05 Å². The van der Waals surface area contributed by atoms with E-state index in [1.807, 2.05) is 21.1 Å². The number of hydrogen-bond acceptors (Lipinski definition) is 5. The molecule has 0 aliphatic rings. The number of hydrogen-bond donors (Lipinski definition) is 3. The van der Waals surface area contributed by atoms with Gasteiger partial charge < -0.3 is 19.8 Å². The average molecular weight is 1030 g/mol. The largest absolute Gasteiger partial charge is 0.472 e. The molecule has 0 aromatic rings. The van der Waals surface area contributed by atoms with Gasteiger partial charge in [-0.25, -0.2) is 4.57 Å². The van der Waals surface area contributed by atoms with Crippen LogP contribution in [0.2, 0.25) is 0 Å². The van der Waals surface area contributed by atoms with Crippen molar-refractivity contribution in [3.05, 3.63) is 0 Å². The van der Waals surface area contributed by atoms with Crippen molar-refractivity contribution >= 4 is 13.7 Å². The molecule has 3 N–H and O–H groups in total. The van der Waals surface area contributed by atoms with E-state index in [0.29, 0.717) is 23.9 Å². The molecule has 0 fully saturated rings. The number of likely N-dealkylation sites (N-methyl/N-ethyl adjacent to an activating group) is 1. The van der Waals surface area contributed by atoms with Crippen molar-refractivity contribution in [1.82, 2.24) is 5.32 Å². The van der Waals surface area contributed by atoms with E-state index in [1.54, 1.807) is 0 Å². The van der Waals surface area contributed by atoms with Crippen molar-refractivity contribution in [2.45, 2.75) is 353 Å². The molecule has 0 saturated heterocycles. The van der Waals surface area contributed by atoms with Gasteiger partial charge in [0, 0.05) is 6.42 Å². The van der Waals surface area contributed by atoms with Crippen molar-refractivity contribution in [2.24, 2.45) is 0 Å². The third-order valence-corrected chi connectivity index (χ3v) is 16.1. The third kappa shape index (κ3) is 57.1. The number of nitrogens with one attached hydrogen (secondary N) is 1. The van der Waals surface area contributed by atoms with Gasteiger partial charge in [0.1, 0.15) is 13.2 Å². The molecule has 0 aliphatic heterocycles. The summed E-state index contributed by atoms with van der Waals surface area (Å²) in [7, 11) is 1.64. The zero-order valence-electron chi connectivity index (χ0n) is 48.8. The Hall–Kier alpha value is -0.500. The number of carbonyl (C=O) groups excluding carboxylic acids is 1. The van der Waals surface area contributed by atoms with E-state index in [9.17, 15) is 19.4 Å². The quantitative estimate of drug-likeness (QED) is 0.0318. The fourth-order valence-corrected chi connectivity index (χ4v) is 10.8. The Morgan fingerprint density at radius 2 is 0.676 bits per heavy atom. The van der Waals surface area contributed by atoms with Crippen LogP contribution in [0.25, 0.3) is 0 Å². The zero-order valence-corrected chi connectivity index (χ0v) is 49.7. The van der Waals surface area contributed by atoms with Gasteiger partial charge >= 0.3 is 7.82 Å². The molecule has 426 valence electrons. The van der Waals surface area contributed by atoms with Crippen LogP contribution in [0.1, 0.15) is 341 Å². The van der Waals surface area contributed by atoms with Crippen molar-refractivity contribution in [3.63, 3.8) is 0 Å². The minimum atomic E-state index is -4.32. The van der Waals surface area contributed by atoms with Crippen molar-refractivity contribution in [3.8, 4) is 0 Å². The van der Waals surface area contributed by atoms with E-state index >= 15 is 0 Å². The lowest BCUT2D eigenvalue weighted by Crippen LogP contribution is -2.46. The molecule has 0 radical (unpaired) electrons. The maximum absolute atomic E-state index is 13.0. The first-order valence-corrected chi connectivity index (χ1v) is 33.4. The van der Waals surface area contributed by atoms with Crippen LogP contribution in [0.3, 0.4) is 0 Å². The Labute approximate surface area is 444 Å². The van der Waals surface area contributed by atoms with Crippen LogP contribution in [0.15, 0.2) is 0 Å². The van der Waals surface area contributed by atoms with Crippen molar-refractivity contribution in [1.29, 1.82) is 0 Å². The molecule has 0 aromatic carbocycles. The molecule has 3 unspecified atom stereocenters. The van der Waals surface area contributed by atoms with Gasteiger partial charge in [-0.1, -0.05) is 322 Å². The number of quaternary nitrogens is 1. The van der Waals surface area contributed by atoms with Crippen LogP contribution in [0.4, 0.5) is 0 Å². The first-order chi connectivity index (χ1) is 34.5. The molecule has 0 rings (SSSR count). The van der Waals surface area contributed by atoms with Crippen LogP contribution in [0.5, 0.6) is 0 Å². The summed E-state index contributed by atoms with van der Waals surface area (Å²) in [4.78, 5) is 23.4. The molecule has 0 heterocycles. The molecule has 0 aliphatic carbocycles. The summed E-state index contributed by atoms with van der Waals surface area (Å²) >= 11 is 0. The summed E-state index contributed by atoms with van der Waals surface area (Å²) in [5, 5.41) is 14.1. The Balaban J connectivity index is 4.06. The smallest absolute Gasteiger partial charge is 0.391 e. The molecule has 3 atom stereocenters. The number of amides is 1. The maximum atomic E-state index is 13.0. The Kier molecular flexibility index (Phi) is 53.9. The standard InChI is InChI=1S/C62H127N2O6P/c1-6-8-10-12-14-16-18-20-22-24-26-28-30-31-32-34-35-37-39-41-43-45-47-49-51-53-55-61(65)60(59-70-71(67,68)69-58-57-64(3,4)5)63-62(66)56-54-52-50-48-46-44-42-40-38-36-33-29-27-25-23-21-19-17-15-13-11-9-7-2/h60-61,65H,6-59H2,1-5H3,(H-,63,66,67,68)/p+1. The highest BCUT2D eigenvalue weighted by Crippen LogP contribution is 2.43. The van der Waals surface area contributed by atoms with E-state index in [2.05, 4.69) is 19.2 Å². The second-order valence-corrected chi connectivity index (χ2v) is 25.0. The SMILES string of the molecule is CCCCCCCCCCCCCCCCCCCCCCCCCCCCC(O)C(COP(=O)(O)OCC[N+](C)(C)C)NC(=O)CCCCCCCCCCCCCCCCCCCCCCCCC. The molecule has 8 nitrogen and oxygen atoms in total. The Bertz CT molecular complexity index is 1120. The molecular formula is C62H128N2O6P+. The number of aliphatic hydroxyl groups excluding tert-OH is 1. The van der Waals surface area contributed by atoms with E-state index in [0.717, 1.165) is 38.5 Å². The van der Waals surface area contributed by atoms with Gasteiger partial charge in [-0.2, -0.15) is 0 Å². The zero-order chi connectivity index (χ0) is 52.0. The fraction of sp³-hybridized carbons (Fsp3) is 0.984. The number of rotatable bonds is 60. The average Bonchev–Trinajstić information content (AvgIpc) is 3.33. The summed E-state index contributed by atoms with van der Waals surface area (Å²) in [5.41, 5.74) is 0. The highest BCUT2D eigenvalue weighted by Gasteiger charge is 2.28. The lowest BCUT2D eigenvalue weighted by atomic mass is 10.0. The number of phosphoric acid groups is 1. The lowest BCUT2D eigenvalue weighted by Gasteiger charge is -2.26. The lowest BCUT2D eigenvalue weighted by molar-refractivity contribution is -0.870. The van der Waals surface area contributed by atoms with Gasteiger partial charge in [0.05, 0.1) is 39.9 Å². The molecule has 0 aromatic heterocycles. The summed E-state index contributed by atoms with van der Waals surface area (Å²) in [6.45, 7) is 4.96. The number of carbonyl (C=O) groups is 1. The molecule has 9 heteroatoms. The topological polar surface area (TPSA) is 105 Å². The number of nitrogens with zero attached hydrogens (tertiary/aromatic N) is 1. The fourth-order valence-electron chi connectivity index (χ4n) is 10.1. The second kappa shape index (κ2) is 54.3. The maximum Gasteiger partial charge on any atom is 0.472 e. The van der Waals surface area contributed by atoms with E-state index in [-0.39, 0.29) is 19.1 Å². The van der Waals surface area contributed by atoms with Crippen LogP contribution in [-0.2, 0) is 18.4 Å². The van der Waals surface area contributed by atoms with Gasteiger partial charge in [0.2, 0.25) is 5.91 Å². The van der Waals surface area contributed by atoms with Crippen LogP contribution >= 0.6 is 7.82 Å². The van der Waals surface area contributed by atoms with Gasteiger partial charge in [-0.15, -0.1) is 0 Å². The second-order valence-electron chi connectivity index (χ2n) is 23.5. The van der Waals surface area contributed by atoms with Gasteiger partial charge in [0.15, 0.2) is 0 Å². The summed E-state index contributed by atoms with van der Waals surface area (Å²) in [5.74, 6) is -0.134. The third-order valence-electron chi connectivity index (χ3n) is 15.1. The van der Waals surface area contributed by atoms with E-state index in [1.165, 1.54) is 276 Å². The van der Waals surface area contributed by atoms with Crippen molar-refractivity contribution in [2.75, 3.05) is 40.9 Å². The van der Waals surface area contributed by atoms with Crippen LogP contribution in [-0.4, -0.2) is 73.4 Å². The first-order valence-electron chi connectivity index (χ1n) is 31.9. The van der Waals surface area contributed by atoms with E-state index < -0.39 is 20.0 Å². The highest BCUT2D eigenvalue weighted by atomic mass is 31.2. The number of phosphoric ester groups is 1. The molecule has 71 heavy (non-hydrogen) atoms. The normalized spacial score (nSPS) is 13.7. The summed E-state index contributed by atoms with van der Waals surface area (Å²) < 4.78 is 23.9. The Morgan fingerprint density at radius 1 is 0.423 bits per heavy atom. The summed E-state index contributed by atoms with van der Waals surface area (Å²) in [6, 6.07) is -0.756. The highest BCUT2D eigenvalue weighted by molar-refractivity contribution is 7.47. The molecule has 0 bridgehead atoms. The van der Waals surface area contributed by atoms with Crippen LogP contribution in [0, 0.1) is 0 Å². The first kappa shape index (κ1) is 70.5. The number of unbranched alkanes of at least 4 members (excludes halogenated alkanes) is 47.